The van der Waals surface area contributed by atoms with Crippen molar-refractivity contribution in [2.24, 2.45) is 5.73 Å². The molecule has 0 radical (unpaired) electrons. The molecule has 0 aliphatic rings. The first-order valence-electron chi connectivity index (χ1n) is 6.38. The molecule has 0 aliphatic carbocycles. The van der Waals surface area contributed by atoms with Gasteiger partial charge < -0.3 is 15.6 Å². The average Bonchev–Trinajstić information content (AvgIpc) is 2.78. The summed E-state index contributed by atoms with van der Waals surface area (Å²) in [6.07, 6.45) is 0. The molecule has 3 N–H and O–H groups in total. The van der Waals surface area contributed by atoms with Crippen LogP contribution in [0.15, 0.2) is 29.4 Å². The van der Waals surface area contributed by atoms with Crippen molar-refractivity contribution in [3.63, 3.8) is 0 Å². The van der Waals surface area contributed by atoms with Crippen LogP contribution in [0.1, 0.15) is 5.82 Å². The van der Waals surface area contributed by atoms with E-state index >= 15 is 0 Å². The number of nitrogens with two attached hydrogens (primary N) is 1. The van der Waals surface area contributed by atoms with E-state index in [9.17, 15) is 9.18 Å². The van der Waals surface area contributed by atoms with Gasteiger partial charge in [0.2, 0.25) is 5.91 Å². The number of hydrogen-bond donors (Lipinski definition) is 2. The highest BCUT2D eigenvalue weighted by molar-refractivity contribution is 7.99. The summed E-state index contributed by atoms with van der Waals surface area (Å²) in [4.78, 5) is 11.8. The van der Waals surface area contributed by atoms with E-state index in [1.807, 2.05) is 11.5 Å². The largest absolute Gasteiger partial charge is 0.329 e. The first kappa shape index (κ1) is 15.5. The smallest absolute Gasteiger partial charge is 0.234 e. The minimum Gasteiger partial charge on any atom is -0.329 e. The first-order chi connectivity index (χ1) is 10.1. The maximum absolute atomic E-state index is 13.0. The van der Waals surface area contributed by atoms with E-state index in [-0.39, 0.29) is 11.7 Å². The van der Waals surface area contributed by atoms with E-state index in [4.69, 9.17) is 5.73 Å². The lowest BCUT2D eigenvalue weighted by atomic mass is 10.3. The van der Waals surface area contributed by atoms with Gasteiger partial charge in [-0.3, -0.25) is 4.79 Å². The molecule has 2 rings (SSSR count). The van der Waals surface area contributed by atoms with Crippen molar-refractivity contribution in [3.05, 3.63) is 35.9 Å². The molecule has 6 nitrogen and oxygen atoms in total. The summed E-state index contributed by atoms with van der Waals surface area (Å²) in [7, 11) is 0. The lowest BCUT2D eigenvalue weighted by molar-refractivity contribution is -0.113. The number of nitrogens with zero attached hydrogens (tertiary/aromatic N) is 3. The van der Waals surface area contributed by atoms with E-state index in [1.54, 1.807) is 12.1 Å². The van der Waals surface area contributed by atoms with Gasteiger partial charge in [-0.25, -0.2) is 4.39 Å². The quantitative estimate of drug-likeness (QED) is 0.788. The van der Waals surface area contributed by atoms with Gasteiger partial charge in [-0.15, -0.1) is 10.2 Å². The number of anilines is 1. The predicted molar refractivity (Wildman–Crippen MR) is 79.6 cm³/mol. The van der Waals surface area contributed by atoms with E-state index in [0.29, 0.717) is 23.9 Å². The van der Waals surface area contributed by atoms with Crippen LogP contribution in [0.2, 0.25) is 0 Å². The molecule has 0 bridgehead atoms. The number of aryl methyl sites for hydroxylation is 1. The third-order valence-corrected chi connectivity index (χ3v) is 3.66. The van der Waals surface area contributed by atoms with Gasteiger partial charge in [0.1, 0.15) is 11.6 Å². The fourth-order valence-electron chi connectivity index (χ4n) is 1.75. The second kappa shape index (κ2) is 7.19. The Hall–Kier alpha value is -1.93. The summed E-state index contributed by atoms with van der Waals surface area (Å²) in [6, 6.07) is 5.76. The van der Waals surface area contributed by atoms with Crippen molar-refractivity contribution in [1.82, 2.24) is 14.8 Å². The van der Waals surface area contributed by atoms with E-state index < -0.39 is 5.82 Å². The number of rotatable bonds is 6. The fourth-order valence-corrected chi connectivity index (χ4v) is 2.56. The van der Waals surface area contributed by atoms with Crippen molar-refractivity contribution in [1.29, 1.82) is 0 Å². The van der Waals surface area contributed by atoms with E-state index in [2.05, 4.69) is 15.5 Å². The van der Waals surface area contributed by atoms with E-state index in [1.165, 1.54) is 23.9 Å². The molecule has 112 valence electrons. The van der Waals surface area contributed by atoms with Gasteiger partial charge in [0.25, 0.3) is 0 Å². The number of carbonyl (C=O) groups is 1. The van der Waals surface area contributed by atoms with Gasteiger partial charge in [0.05, 0.1) is 5.75 Å². The number of nitrogens with one attached hydrogen (secondary N) is 1. The number of aromatic nitrogens is 3. The predicted octanol–water partition coefficient (Wildman–Crippen LogP) is 1.42. The molecule has 0 saturated carbocycles. The topological polar surface area (TPSA) is 85.8 Å². The minimum atomic E-state index is -0.390. The van der Waals surface area contributed by atoms with Crippen molar-refractivity contribution < 1.29 is 9.18 Å². The van der Waals surface area contributed by atoms with Crippen LogP contribution >= 0.6 is 11.8 Å². The number of thioether (sulfide) groups is 1. The zero-order chi connectivity index (χ0) is 15.2. The lowest BCUT2D eigenvalue weighted by Crippen LogP contribution is -2.16. The molecule has 0 fully saturated rings. The number of carbonyl (C=O) groups excluding carboxylic acids is 1. The Bertz CT molecular complexity index is 631. The number of halogens is 1. The highest BCUT2D eigenvalue weighted by Gasteiger charge is 2.11. The van der Waals surface area contributed by atoms with Crippen LogP contribution in [0.4, 0.5) is 10.1 Å². The molecule has 0 atom stereocenters. The van der Waals surface area contributed by atoms with Crippen LogP contribution in [0.5, 0.6) is 0 Å². The molecule has 21 heavy (non-hydrogen) atoms. The molecular formula is C13H16FN5OS. The van der Waals surface area contributed by atoms with Crippen molar-refractivity contribution >= 4 is 23.4 Å². The number of amides is 1. The fraction of sp³-hybridized carbons (Fsp3) is 0.308. The SMILES string of the molecule is Cc1nnc(SCC(=O)Nc2cccc(F)c2)n1CCN. The van der Waals surface area contributed by atoms with Gasteiger partial charge >= 0.3 is 0 Å². The molecule has 8 heteroatoms. The van der Waals surface area contributed by atoms with Crippen LogP contribution in [0, 0.1) is 12.7 Å². The molecule has 1 aromatic carbocycles. The number of benzene rings is 1. The molecule has 0 aliphatic heterocycles. The molecule has 0 spiro atoms. The van der Waals surface area contributed by atoms with Gasteiger partial charge in [-0.05, 0) is 25.1 Å². The van der Waals surface area contributed by atoms with Crippen LogP contribution < -0.4 is 11.1 Å². The molecule has 1 heterocycles. The van der Waals surface area contributed by atoms with E-state index in [0.717, 1.165) is 5.82 Å². The monoisotopic (exact) mass is 309 g/mol. The minimum absolute atomic E-state index is 0.166. The average molecular weight is 309 g/mol. The summed E-state index contributed by atoms with van der Waals surface area (Å²) in [5.74, 6) is 0.303. The van der Waals surface area contributed by atoms with Gasteiger partial charge in [0.15, 0.2) is 5.16 Å². The zero-order valence-electron chi connectivity index (χ0n) is 11.5. The van der Waals surface area contributed by atoms with Gasteiger partial charge in [0, 0.05) is 18.8 Å². The lowest BCUT2D eigenvalue weighted by Gasteiger charge is -2.07. The van der Waals surface area contributed by atoms with Crippen LogP contribution in [0.25, 0.3) is 0 Å². The highest BCUT2D eigenvalue weighted by atomic mass is 32.2. The molecular weight excluding hydrogens is 293 g/mol. The normalized spacial score (nSPS) is 10.6. The number of hydrogen-bond acceptors (Lipinski definition) is 5. The highest BCUT2D eigenvalue weighted by Crippen LogP contribution is 2.17. The molecule has 1 aromatic heterocycles. The Kier molecular flexibility index (Phi) is 5.29. The summed E-state index contributed by atoms with van der Waals surface area (Å²) >= 11 is 1.27. The zero-order valence-corrected chi connectivity index (χ0v) is 12.4. The van der Waals surface area contributed by atoms with Crippen molar-refractivity contribution in [3.8, 4) is 0 Å². The van der Waals surface area contributed by atoms with Crippen LogP contribution in [-0.2, 0) is 11.3 Å². The molecule has 1 amide bonds. The maximum atomic E-state index is 13.0. The summed E-state index contributed by atoms with van der Waals surface area (Å²) < 4.78 is 14.9. The Morgan fingerprint density at radius 1 is 1.48 bits per heavy atom. The van der Waals surface area contributed by atoms with Crippen molar-refractivity contribution in [2.45, 2.75) is 18.6 Å². The molecule has 0 saturated heterocycles. The van der Waals surface area contributed by atoms with Crippen molar-refractivity contribution in [2.75, 3.05) is 17.6 Å². The second-order valence-corrected chi connectivity index (χ2v) is 5.26. The molecule has 0 unspecified atom stereocenters. The Morgan fingerprint density at radius 2 is 2.29 bits per heavy atom. The summed E-state index contributed by atoms with van der Waals surface area (Å²) in [5.41, 5.74) is 5.96. The molecule has 2 aromatic rings. The Morgan fingerprint density at radius 3 is 3.00 bits per heavy atom. The Labute approximate surface area is 125 Å². The summed E-state index contributed by atoms with van der Waals surface area (Å²) in [5, 5.41) is 11.2. The third-order valence-electron chi connectivity index (χ3n) is 2.70. The first-order valence-corrected chi connectivity index (χ1v) is 7.37. The van der Waals surface area contributed by atoms with Gasteiger partial charge in [-0.2, -0.15) is 0 Å². The Balaban J connectivity index is 1.92. The van der Waals surface area contributed by atoms with Crippen LogP contribution in [-0.4, -0.2) is 33.0 Å². The summed E-state index contributed by atoms with van der Waals surface area (Å²) in [6.45, 7) is 2.91. The van der Waals surface area contributed by atoms with Crippen LogP contribution in [0.3, 0.4) is 0 Å². The van der Waals surface area contributed by atoms with Gasteiger partial charge in [-0.1, -0.05) is 17.8 Å². The maximum Gasteiger partial charge on any atom is 0.234 e. The third kappa shape index (κ3) is 4.27. The standard InChI is InChI=1S/C13H16FN5OS/c1-9-17-18-13(19(9)6-5-15)21-8-12(20)16-11-4-2-3-10(14)7-11/h2-4,7H,5-6,8,15H2,1H3,(H,16,20). The second-order valence-electron chi connectivity index (χ2n) is 4.32.